The molecule has 116 valence electrons. The van der Waals surface area contributed by atoms with Crippen molar-refractivity contribution >= 4 is 11.8 Å². The summed E-state index contributed by atoms with van der Waals surface area (Å²) in [5, 5.41) is 5.54. The third-order valence-electron chi connectivity index (χ3n) is 4.52. The van der Waals surface area contributed by atoms with E-state index in [1.165, 1.54) is 25.7 Å². The first-order valence-corrected chi connectivity index (χ1v) is 7.70. The van der Waals surface area contributed by atoms with E-state index in [9.17, 15) is 9.59 Å². The zero-order chi connectivity index (χ0) is 15.2. The Labute approximate surface area is 122 Å². The normalized spacial score (nSPS) is 18.9. The van der Waals surface area contributed by atoms with E-state index in [-0.39, 0.29) is 29.7 Å². The van der Waals surface area contributed by atoms with Gasteiger partial charge in [-0.1, -0.05) is 33.6 Å². The highest BCUT2D eigenvalue weighted by molar-refractivity contribution is 5.87. The molecule has 0 unspecified atom stereocenters. The molecule has 0 heterocycles. The molecule has 0 spiro atoms. The van der Waals surface area contributed by atoms with Crippen LogP contribution in [0.4, 0.5) is 0 Å². The molecule has 2 amide bonds. The Bertz CT molecular complexity index is 336. The Balaban J connectivity index is 2.28. The van der Waals surface area contributed by atoms with Crippen LogP contribution in [0.2, 0.25) is 0 Å². The molecule has 0 aromatic heterocycles. The molecule has 0 saturated heterocycles. The lowest BCUT2D eigenvalue weighted by Crippen LogP contribution is -2.48. The fourth-order valence-electron chi connectivity index (χ4n) is 2.72. The van der Waals surface area contributed by atoms with Crippen LogP contribution in [0.3, 0.4) is 0 Å². The summed E-state index contributed by atoms with van der Waals surface area (Å²) in [7, 11) is 0. The number of nitrogens with two attached hydrogens (primary N) is 1. The molecule has 0 radical (unpaired) electrons. The molecule has 5 heteroatoms. The highest BCUT2D eigenvalue weighted by Crippen LogP contribution is 2.40. The number of hydrogen-bond donors (Lipinski definition) is 3. The van der Waals surface area contributed by atoms with Gasteiger partial charge in [0.1, 0.15) is 0 Å². The van der Waals surface area contributed by atoms with E-state index in [4.69, 9.17) is 5.73 Å². The molecule has 5 nitrogen and oxygen atoms in total. The van der Waals surface area contributed by atoms with Crippen molar-refractivity contribution in [3.8, 4) is 0 Å². The molecular weight excluding hydrogens is 254 g/mol. The SMILES string of the molecule is CCC1(CNC(=O)CNC(=O)[C@@H](N)C(C)C)CCCC1. The van der Waals surface area contributed by atoms with Gasteiger partial charge in [0.05, 0.1) is 12.6 Å². The summed E-state index contributed by atoms with van der Waals surface area (Å²) in [4.78, 5) is 23.4. The lowest BCUT2D eigenvalue weighted by Gasteiger charge is -2.27. The Morgan fingerprint density at radius 1 is 1.20 bits per heavy atom. The van der Waals surface area contributed by atoms with Crippen molar-refractivity contribution in [1.29, 1.82) is 0 Å². The van der Waals surface area contributed by atoms with Gasteiger partial charge in [0.25, 0.3) is 0 Å². The van der Waals surface area contributed by atoms with E-state index in [1.54, 1.807) is 0 Å². The molecule has 0 aromatic carbocycles. The topological polar surface area (TPSA) is 84.2 Å². The third-order valence-corrected chi connectivity index (χ3v) is 4.52. The first-order chi connectivity index (χ1) is 9.40. The number of carbonyl (C=O) groups is 2. The van der Waals surface area contributed by atoms with E-state index in [0.717, 1.165) is 6.42 Å². The van der Waals surface area contributed by atoms with Gasteiger partial charge in [-0.2, -0.15) is 0 Å². The minimum absolute atomic E-state index is 0.0129. The second-order valence-corrected chi connectivity index (χ2v) is 6.32. The molecule has 0 aliphatic heterocycles. The molecule has 1 rings (SSSR count). The Hall–Kier alpha value is -1.10. The maximum atomic E-state index is 11.8. The molecule has 0 bridgehead atoms. The summed E-state index contributed by atoms with van der Waals surface area (Å²) in [5.41, 5.74) is 5.99. The first-order valence-electron chi connectivity index (χ1n) is 7.70. The standard InChI is InChI=1S/C15H29N3O2/c1-4-15(7-5-6-8-15)10-18-12(19)9-17-14(20)13(16)11(2)3/h11,13H,4-10,16H2,1-3H3,(H,17,20)(H,18,19)/t13-/m0/s1. The predicted molar refractivity (Wildman–Crippen MR) is 80.0 cm³/mol. The van der Waals surface area contributed by atoms with Gasteiger partial charge in [-0.25, -0.2) is 0 Å². The predicted octanol–water partition coefficient (Wildman–Crippen LogP) is 1.17. The van der Waals surface area contributed by atoms with Gasteiger partial charge in [0.15, 0.2) is 0 Å². The monoisotopic (exact) mass is 283 g/mol. The molecule has 1 aliphatic rings. The van der Waals surface area contributed by atoms with Gasteiger partial charge in [-0.05, 0) is 30.6 Å². The molecule has 1 aliphatic carbocycles. The van der Waals surface area contributed by atoms with Crippen LogP contribution in [0.5, 0.6) is 0 Å². The number of amides is 2. The molecule has 4 N–H and O–H groups in total. The Morgan fingerprint density at radius 2 is 1.80 bits per heavy atom. The molecule has 1 saturated carbocycles. The molecule has 0 aromatic rings. The molecule has 20 heavy (non-hydrogen) atoms. The third kappa shape index (κ3) is 4.78. The number of rotatable bonds is 7. The number of nitrogens with one attached hydrogen (secondary N) is 2. The summed E-state index contributed by atoms with van der Waals surface area (Å²) >= 11 is 0. The van der Waals surface area contributed by atoms with Crippen molar-refractivity contribution in [2.24, 2.45) is 17.1 Å². The van der Waals surface area contributed by atoms with Crippen LogP contribution >= 0.6 is 0 Å². The van der Waals surface area contributed by atoms with Gasteiger partial charge in [-0.3, -0.25) is 9.59 Å². The van der Waals surface area contributed by atoms with Crippen LogP contribution in [-0.4, -0.2) is 30.9 Å². The summed E-state index contributed by atoms with van der Waals surface area (Å²) in [5.74, 6) is -0.324. The molecule has 1 fully saturated rings. The zero-order valence-corrected chi connectivity index (χ0v) is 13.0. The minimum atomic E-state index is -0.556. The summed E-state index contributed by atoms with van der Waals surface area (Å²) in [6, 6.07) is -0.556. The summed E-state index contributed by atoms with van der Waals surface area (Å²) in [6.45, 7) is 6.68. The van der Waals surface area contributed by atoms with Gasteiger partial charge in [0, 0.05) is 6.54 Å². The van der Waals surface area contributed by atoms with Gasteiger partial charge < -0.3 is 16.4 Å². The Morgan fingerprint density at radius 3 is 2.30 bits per heavy atom. The largest absolute Gasteiger partial charge is 0.354 e. The number of hydrogen-bond acceptors (Lipinski definition) is 3. The molecule has 1 atom stereocenters. The van der Waals surface area contributed by atoms with E-state index in [2.05, 4.69) is 17.6 Å². The summed E-state index contributed by atoms with van der Waals surface area (Å²) in [6.07, 6.45) is 5.98. The lowest BCUT2D eigenvalue weighted by atomic mass is 9.83. The highest BCUT2D eigenvalue weighted by atomic mass is 16.2. The molecular formula is C15H29N3O2. The Kier molecular flexibility index (Phi) is 6.46. The van der Waals surface area contributed by atoms with Crippen molar-refractivity contribution in [1.82, 2.24) is 10.6 Å². The fourth-order valence-corrected chi connectivity index (χ4v) is 2.72. The van der Waals surface area contributed by atoms with E-state index >= 15 is 0 Å². The van der Waals surface area contributed by atoms with Crippen LogP contribution in [0.25, 0.3) is 0 Å². The second kappa shape index (κ2) is 7.62. The van der Waals surface area contributed by atoms with Gasteiger partial charge in [-0.15, -0.1) is 0 Å². The van der Waals surface area contributed by atoms with Crippen molar-refractivity contribution in [3.05, 3.63) is 0 Å². The quantitative estimate of drug-likeness (QED) is 0.656. The van der Waals surface area contributed by atoms with Crippen LogP contribution in [0, 0.1) is 11.3 Å². The lowest BCUT2D eigenvalue weighted by molar-refractivity contribution is -0.127. The number of carbonyl (C=O) groups excluding carboxylic acids is 2. The minimum Gasteiger partial charge on any atom is -0.354 e. The van der Waals surface area contributed by atoms with Crippen molar-refractivity contribution in [2.75, 3.05) is 13.1 Å². The van der Waals surface area contributed by atoms with Crippen molar-refractivity contribution < 1.29 is 9.59 Å². The van der Waals surface area contributed by atoms with Crippen LogP contribution in [0.1, 0.15) is 52.9 Å². The maximum absolute atomic E-state index is 11.8. The second-order valence-electron chi connectivity index (χ2n) is 6.32. The van der Waals surface area contributed by atoms with E-state index in [1.807, 2.05) is 13.8 Å². The van der Waals surface area contributed by atoms with Crippen LogP contribution < -0.4 is 16.4 Å². The van der Waals surface area contributed by atoms with Crippen LogP contribution in [0.15, 0.2) is 0 Å². The van der Waals surface area contributed by atoms with E-state index < -0.39 is 6.04 Å². The van der Waals surface area contributed by atoms with Gasteiger partial charge in [0.2, 0.25) is 11.8 Å². The van der Waals surface area contributed by atoms with Crippen molar-refractivity contribution in [2.45, 2.75) is 58.9 Å². The average Bonchev–Trinajstić information content (AvgIpc) is 2.91. The maximum Gasteiger partial charge on any atom is 0.239 e. The smallest absolute Gasteiger partial charge is 0.239 e. The average molecular weight is 283 g/mol. The van der Waals surface area contributed by atoms with Crippen LogP contribution in [-0.2, 0) is 9.59 Å². The summed E-state index contributed by atoms with van der Waals surface area (Å²) < 4.78 is 0. The first kappa shape index (κ1) is 17.0. The van der Waals surface area contributed by atoms with Gasteiger partial charge >= 0.3 is 0 Å². The van der Waals surface area contributed by atoms with E-state index in [0.29, 0.717) is 6.54 Å². The van der Waals surface area contributed by atoms with Crippen molar-refractivity contribution in [3.63, 3.8) is 0 Å². The highest BCUT2D eigenvalue weighted by Gasteiger charge is 2.32. The fraction of sp³-hybridized carbons (Fsp3) is 0.867. The zero-order valence-electron chi connectivity index (χ0n) is 13.0.